The number of primary amides is 1. The van der Waals surface area contributed by atoms with E-state index in [1.54, 1.807) is 0 Å². The lowest BCUT2D eigenvalue weighted by Crippen LogP contribution is -2.54. The second-order valence-corrected chi connectivity index (χ2v) is 5.59. The first-order valence-corrected chi connectivity index (χ1v) is 7.36. The van der Waals surface area contributed by atoms with E-state index in [2.05, 4.69) is 10.2 Å². The number of likely N-dealkylation sites (N-methyl/N-ethyl adjacent to an activating group) is 1. The number of nitrogens with one attached hydrogen (secondary N) is 1. The van der Waals surface area contributed by atoms with E-state index in [1.165, 1.54) is 45.2 Å². The second-order valence-electron chi connectivity index (χ2n) is 5.59. The Morgan fingerprint density at radius 2 is 1.78 bits per heavy atom. The van der Waals surface area contributed by atoms with E-state index in [0.717, 1.165) is 19.5 Å². The molecular weight excluding hydrogens is 226 g/mol. The number of nitrogens with zero attached hydrogens (tertiary/aromatic N) is 1. The van der Waals surface area contributed by atoms with Crippen molar-refractivity contribution in [2.24, 2.45) is 5.73 Å². The molecule has 1 amide bonds. The lowest BCUT2D eigenvalue weighted by Gasteiger charge is -2.31. The molecule has 0 aromatic heterocycles. The Balaban J connectivity index is 2.42. The molecule has 18 heavy (non-hydrogen) atoms. The van der Waals surface area contributed by atoms with Crippen molar-refractivity contribution in [2.45, 2.75) is 57.9 Å². The standard InChI is InChI=1S/C14H29N3O/c1-3-16-14(2,13(15)18)9-12-17-10-7-5-4-6-8-11-17/h16H,3-12H2,1-2H3,(H2,15,18). The molecule has 0 aromatic carbocycles. The molecular formula is C14H29N3O. The Morgan fingerprint density at radius 1 is 1.22 bits per heavy atom. The molecule has 0 aromatic rings. The zero-order chi connectivity index (χ0) is 13.4. The van der Waals surface area contributed by atoms with E-state index in [9.17, 15) is 4.79 Å². The molecule has 1 rings (SSSR count). The van der Waals surface area contributed by atoms with Gasteiger partial charge < -0.3 is 16.0 Å². The van der Waals surface area contributed by atoms with Gasteiger partial charge in [0.05, 0.1) is 5.54 Å². The van der Waals surface area contributed by atoms with Crippen molar-refractivity contribution >= 4 is 5.91 Å². The van der Waals surface area contributed by atoms with Crippen LogP contribution < -0.4 is 11.1 Å². The summed E-state index contributed by atoms with van der Waals surface area (Å²) in [4.78, 5) is 14.0. The number of carbonyl (C=O) groups excluding carboxylic acids is 1. The minimum absolute atomic E-state index is 0.239. The highest BCUT2D eigenvalue weighted by Crippen LogP contribution is 2.14. The van der Waals surface area contributed by atoms with Gasteiger partial charge in [-0.25, -0.2) is 0 Å². The van der Waals surface area contributed by atoms with Crippen LogP contribution in [0.3, 0.4) is 0 Å². The van der Waals surface area contributed by atoms with Gasteiger partial charge in [-0.1, -0.05) is 26.2 Å². The number of carbonyl (C=O) groups is 1. The Labute approximate surface area is 111 Å². The van der Waals surface area contributed by atoms with Crippen LogP contribution in [-0.4, -0.2) is 42.5 Å². The van der Waals surface area contributed by atoms with Gasteiger partial charge in [-0.3, -0.25) is 4.79 Å². The summed E-state index contributed by atoms with van der Waals surface area (Å²) >= 11 is 0. The molecule has 1 heterocycles. The van der Waals surface area contributed by atoms with Gasteiger partial charge in [0.15, 0.2) is 0 Å². The molecule has 106 valence electrons. The van der Waals surface area contributed by atoms with Crippen LogP contribution in [0.4, 0.5) is 0 Å². The van der Waals surface area contributed by atoms with Crippen LogP contribution in [0, 0.1) is 0 Å². The van der Waals surface area contributed by atoms with E-state index >= 15 is 0 Å². The fourth-order valence-corrected chi connectivity index (χ4v) is 2.61. The number of nitrogens with two attached hydrogens (primary N) is 1. The lowest BCUT2D eigenvalue weighted by atomic mass is 9.96. The number of hydrogen-bond donors (Lipinski definition) is 2. The fourth-order valence-electron chi connectivity index (χ4n) is 2.61. The first-order valence-electron chi connectivity index (χ1n) is 7.36. The fraction of sp³-hybridized carbons (Fsp3) is 0.929. The first kappa shape index (κ1) is 15.4. The maximum Gasteiger partial charge on any atom is 0.237 e. The van der Waals surface area contributed by atoms with Gasteiger partial charge in [0.1, 0.15) is 0 Å². The largest absolute Gasteiger partial charge is 0.368 e. The monoisotopic (exact) mass is 255 g/mol. The summed E-state index contributed by atoms with van der Waals surface area (Å²) in [6.07, 6.45) is 7.44. The average molecular weight is 255 g/mol. The summed E-state index contributed by atoms with van der Waals surface area (Å²) < 4.78 is 0. The maximum atomic E-state index is 11.5. The van der Waals surface area contributed by atoms with Crippen molar-refractivity contribution in [3.8, 4) is 0 Å². The number of hydrogen-bond acceptors (Lipinski definition) is 3. The Kier molecular flexibility index (Phi) is 6.65. The van der Waals surface area contributed by atoms with Crippen LogP contribution in [0.1, 0.15) is 52.4 Å². The van der Waals surface area contributed by atoms with Crippen LogP contribution in [0.25, 0.3) is 0 Å². The highest BCUT2D eigenvalue weighted by molar-refractivity contribution is 5.84. The van der Waals surface area contributed by atoms with Gasteiger partial charge >= 0.3 is 0 Å². The molecule has 4 nitrogen and oxygen atoms in total. The van der Waals surface area contributed by atoms with Gasteiger partial charge in [0.25, 0.3) is 0 Å². The van der Waals surface area contributed by atoms with Crippen LogP contribution in [-0.2, 0) is 4.79 Å². The molecule has 1 aliphatic rings. The minimum atomic E-state index is -0.558. The summed E-state index contributed by atoms with van der Waals surface area (Å²) in [5.41, 5.74) is 4.95. The molecule has 1 aliphatic heterocycles. The predicted octanol–water partition coefficient (Wildman–Crippen LogP) is 1.50. The van der Waals surface area contributed by atoms with Gasteiger partial charge in [-0.15, -0.1) is 0 Å². The van der Waals surface area contributed by atoms with E-state index < -0.39 is 5.54 Å². The van der Waals surface area contributed by atoms with Crippen LogP contribution in [0.15, 0.2) is 0 Å². The van der Waals surface area contributed by atoms with E-state index in [1.807, 2.05) is 13.8 Å². The lowest BCUT2D eigenvalue weighted by molar-refractivity contribution is -0.124. The average Bonchev–Trinajstić information content (AvgIpc) is 2.27. The van der Waals surface area contributed by atoms with Crippen LogP contribution in [0.5, 0.6) is 0 Å². The summed E-state index contributed by atoms with van der Waals surface area (Å²) in [6.45, 7) is 8.01. The SMILES string of the molecule is CCNC(C)(CCN1CCCCCCC1)C(N)=O. The van der Waals surface area contributed by atoms with E-state index in [-0.39, 0.29) is 5.91 Å². The third kappa shape index (κ3) is 4.94. The number of likely N-dealkylation sites (tertiary alicyclic amines) is 1. The highest BCUT2D eigenvalue weighted by Gasteiger charge is 2.30. The topological polar surface area (TPSA) is 58.4 Å². The van der Waals surface area contributed by atoms with Crippen molar-refractivity contribution in [3.63, 3.8) is 0 Å². The molecule has 0 aliphatic carbocycles. The van der Waals surface area contributed by atoms with Gasteiger partial charge in [-0.2, -0.15) is 0 Å². The van der Waals surface area contributed by atoms with Crippen molar-refractivity contribution in [3.05, 3.63) is 0 Å². The Bertz CT molecular complexity index is 249. The highest BCUT2D eigenvalue weighted by atomic mass is 16.1. The summed E-state index contributed by atoms with van der Waals surface area (Å²) in [5.74, 6) is -0.239. The van der Waals surface area contributed by atoms with Crippen molar-refractivity contribution < 1.29 is 4.79 Å². The molecule has 0 saturated carbocycles. The number of rotatable bonds is 6. The maximum absolute atomic E-state index is 11.5. The molecule has 1 fully saturated rings. The molecule has 3 N–H and O–H groups in total. The van der Waals surface area contributed by atoms with Crippen LogP contribution >= 0.6 is 0 Å². The smallest absolute Gasteiger partial charge is 0.237 e. The van der Waals surface area contributed by atoms with Crippen LogP contribution in [0.2, 0.25) is 0 Å². The predicted molar refractivity (Wildman–Crippen MR) is 75.4 cm³/mol. The van der Waals surface area contributed by atoms with Gasteiger partial charge in [-0.05, 0) is 45.8 Å². The van der Waals surface area contributed by atoms with Crippen molar-refractivity contribution in [1.29, 1.82) is 0 Å². The van der Waals surface area contributed by atoms with Crippen molar-refractivity contribution in [2.75, 3.05) is 26.2 Å². The third-order valence-electron chi connectivity index (χ3n) is 3.99. The Hall–Kier alpha value is -0.610. The summed E-state index contributed by atoms with van der Waals surface area (Å²) in [6, 6.07) is 0. The molecule has 1 saturated heterocycles. The second kappa shape index (κ2) is 7.74. The molecule has 1 atom stereocenters. The molecule has 0 spiro atoms. The number of amides is 1. The van der Waals surface area contributed by atoms with Gasteiger partial charge in [0.2, 0.25) is 5.91 Å². The zero-order valence-corrected chi connectivity index (χ0v) is 12.0. The quantitative estimate of drug-likeness (QED) is 0.756. The van der Waals surface area contributed by atoms with E-state index in [4.69, 9.17) is 5.73 Å². The molecule has 1 unspecified atom stereocenters. The normalized spacial score (nSPS) is 21.9. The Morgan fingerprint density at radius 3 is 2.28 bits per heavy atom. The first-order chi connectivity index (χ1) is 8.58. The summed E-state index contributed by atoms with van der Waals surface area (Å²) in [7, 11) is 0. The molecule has 4 heteroatoms. The molecule has 0 bridgehead atoms. The van der Waals surface area contributed by atoms with Crippen molar-refractivity contribution in [1.82, 2.24) is 10.2 Å². The minimum Gasteiger partial charge on any atom is -0.368 e. The molecule has 0 radical (unpaired) electrons. The summed E-state index contributed by atoms with van der Waals surface area (Å²) in [5, 5.41) is 3.22. The third-order valence-corrected chi connectivity index (χ3v) is 3.99. The van der Waals surface area contributed by atoms with E-state index in [0.29, 0.717) is 0 Å². The van der Waals surface area contributed by atoms with Gasteiger partial charge in [0, 0.05) is 6.54 Å². The zero-order valence-electron chi connectivity index (χ0n) is 12.0.